The molecule has 0 saturated heterocycles. The maximum Gasteiger partial charge on any atom is 0.123 e. The van der Waals surface area contributed by atoms with Crippen molar-refractivity contribution in [3.63, 3.8) is 0 Å². The minimum Gasteiger partial charge on any atom is -0.207 e. The van der Waals surface area contributed by atoms with E-state index < -0.39 is 0 Å². The van der Waals surface area contributed by atoms with Crippen LogP contribution in [-0.4, -0.2) is 0 Å². The van der Waals surface area contributed by atoms with Gasteiger partial charge in [0.2, 0.25) is 0 Å². The third-order valence-corrected chi connectivity index (χ3v) is 4.25. The lowest BCUT2D eigenvalue weighted by Gasteiger charge is -2.12. The van der Waals surface area contributed by atoms with Crippen molar-refractivity contribution in [2.75, 3.05) is 0 Å². The highest BCUT2D eigenvalue weighted by molar-refractivity contribution is 9.10. The van der Waals surface area contributed by atoms with Crippen molar-refractivity contribution >= 4 is 43.5 Å². The molecular formula is C14H10Br2ClF. The molecule has 1 unspecified atom stereocenters. The predicted octanol–water partition coefficient (Wildman–Crippen LogP) is 5.92. The number of hydrogen-bond donors (Lipinski definition) is 0. The summed E-state index contributed by atoms with van der Waals surface area (Å²) in [5.74, 6) is -0.215. The van der Waals surface area contributed by atoms with E-state index in [1.54, 1.807) is 12.1 Å². The molecule has 2 aromatic rings. The summed E-state index contributed by atoms with van der Waals surface area (Å²) < 4.78 is 14.1. The lowest BCUT2D eigenvalue weighted by Crippen LogP contribution is -1.97. The molecule has 18 heavy (non-hydrogen) atoms. The molecule has 0 aromatic heterocycles. The van der Waals surface area contributed by atoms with E-state index in [2.05, 4.69) is 31.9 Å². The van der Waals surface area contributed by atoms with Crippen LogP contribution in [0.2, 0.25) is 5.02 Å². The summed E-state index contributed by atoms with van der Waals surface area (Å²) in [6, 6.07) is 12.3. The fourth-order valence-corrected chi connectivity index (χ4v) is 3.25. The first-order valence-corrected chi connectivity index (χ1v) is 7.48. The molecular weight excluding hydrogens is 382 g/mol. The SMILES string of the molecule is Fc1cccc(CC(Br)c2cc(Br)ccc2Cl)c1. The molecule has 0 aliphatic rings. The van der Waals surface area contributed by atoms with Crippen molar-refractivity contribution in [2.24, 2.45) is 0 Å². The maximum atomic E-state index is 13.1. The van der Waals surface area contributed by atoms with Gasteiger partial charge in [0, 0.05) is 14.3 Å². The first-order valence-electron chi connectivity index (χ1n) is 5.40. The van der Waals surface area contributed by atoms with E-state index in [-0.39, 0.29) is 10.6 Å². The number of rotatable bonds is 3. The van der Waals surface area contributed by atoms with Crippen molar-refractivity contribution in [1.29, 1.82) is 0 Å². The van der Waals surface area contributed by atoms with Gasteiger partial charge in [-0.15, -0.1) is 0 Å². The summed E-state index contributed by atoms with van der Waals surface area (Å²) in [6.45, 7) is 0. The molecule has 1 atom stereocenters. The smallest absolute Gasteiger partial charge is 0.123 e. The standard InChI is InChI=1S/C14H10Br2ClF/c15-10-4-5-14(17)12(8-10)13(16)7-9-2-1-3-11(18)6-9/h1-6,8,13H,7H2. The van der Waals surface area contributed by atoms with Gasteiger partial charge in [-0.3, -0.25) is 0 Å². The minimum absolute atomic E-state index is 0.0595. The summed E-state index contributed by atoms with van der Waals surface area (Å²) in [5.41, 5.74) is 1.93. The Morgan fingerprint density at radius 3 is 2.67 bits per heavy atom. The highest BCUT2D eigenvalue weighted by Crippen LogP contribution is 2.34. The lowest BCUT2D eigenvalue weighted by atomic mass is 10.0. The molecule has 0 N–H and O–H groups in total. The van der Waals surface area contributed by atoms with Crippen molar-refractivity contribution in [2.45, 2.75) is 11.2 Å². The van der Waals surface area contributed by atoms with Gasteiger partial charge in [-0.25, -0.2) is 4.39 Å². The Bertz CT molecular complexity index is 557. The van der Waals surface area contributed by atoms with Crippen LogP contribution >= 0.6 is 43.5 Å². The first-order chi connectivity index (χ1) is 8.56. The fourth-order valence-electron chi connectivity index (χ4n) is 1.74. The van der Waals surface area contributed by atoms with Crippen molar-refractivity contribution in [1.82, 2.24) is 0 Å². The van der Waals surface area contributed by atoms with E-state index in [1.807, 2.05) is 24.3 Å². The zero-order valence-corrected chi connectivity index (χ0v) is 13.3. The van der Waals surface area contributed by atoms with Crippen LogP contribution in [0.4, 0.5) is 4.39 Å². The first kappa shape index (κ1) is 14.0. The molecule has 0 amide bonds. The van der Waals surface area contributed by atoms with Gasteiger partial charge in [-0.1, -0.05) is 55.6 Å². The van der Waals surface area contributed by atoms with Gasteiger partial charge in [0.25, 0.3) is 0 Å². The van der Waals surface area contributed by atoms with Gasteiger partial charge in [0.1, 0.15) is 5.82 Å². The summed E-state index contributed by atoms with van der Waals surface area (Å²) in [4.78, 5) is 0.0595. The number of benzene rings is 2. The van der Waals surface area contributed by atoms with Crippen LogP contribution in [0.3, 0.4) is 0 Å². The molecule has 0 fully saturated rings. The molecule has 0 heterocycles. The summed E-state index contributed by atoms with van der Waals surface area (Å²) in [5, 5.41) is 0.705. The van der Waals surface area contributed by atoms with E-state index in [4.69, 9.17) is 11.6 Å². The van der Waals surface area contributed by atoms with Gasteiger partial charge in [0.05, 0.1) is 0 Å². The van der Waals surface area contributed by atoms with Crippen LogP contribution in [0, 0.1) is 5.82 Å². The fraction of sp³-hybridized carbons (Fsp3) is 0.143. The van der Waals surface area contributed by atoms with Gasteiger partial charge in [0.15, 0.2) is 0 Å². The van der Waals surface area contributed by atoms with Crippen molar-refractivity contribution in [3.8, 4) is 0 Å². The molecule has 0 saturated carbocycles. The Morgan fingerprint density at radius 1 is 1.17 bits per heavy atom. The highest BCUT2D eigenvalue weighted by Gasteiger charge is 2.13. The van der Waals surface area contributed by atoms with Crippen molar-refractivity contribution < 1.29 is 4.39 Å². The monoisotopic (exact) mass is 390 g/mol. The highest BCUT2D eigenvalue weighted by atomic mass is 79.9. The zero-order chi connectivity index (χ0) is 13.1. The topological polar surface area (TPSA) is 0 Å². The number of halogens is 4. The van der Waals surface area contributed by atoms with E-state index in [0.717, 1.165) is 15.6 Å². The van der Waals surface area contributed by atoms with Crippen LogP contribution < -0.4 is 0 Å². The lowest BCUT2D eigenvalue weighted by molar-refractivity contribution is 0.625. The van der Waals surface area contributed by atoms with E-state index in [0.29, 0.717) is 11.4 Å². The molecule has 0 radical (unpaired) electrons. The van der Waals surface area contributed by atoms with Crippen LogP contribution in [0.25, 0.3) is 0 Å². The molecule has 0 spiro atoms. The molecule has 2 rings (SSSR count). The number of alkyl halides is 1. The second-order valence-corrected chi connectivity index (χ2v) is 6.40. The minimum atomic E-state index is -0.215. The van der Waals surface area contributed by atoms with Crippen LogP contribution in [0.1, 0.15) is 16.0 Å². The van der Waals surface area contributed by atoms with E-state index in [9.17, 15) is 4.39 Å². The Balaban J connectivity index is 2.21. The molecule has 94 valence electrons. The van der Waals surface area contributed by atoms with Crippen LogP contribution in [0.5, 0.6) is 0 Å². The molecule has 4 heteroatoms. The average Bonchev–Trinajstić information content (AvgIpc) is 2.32. The molecule has 0 aliphatic carbocycles. The van der Waals surface area contributed by atoms with Gasteiger partial charge < -0.3 is 0 Å². The number of hydrogen-bond acceptors (Lipinski definition) is 0. The third-order valence-electron chi connectivity index (χ3n) is 2.60. The van der Waals surface area contributed by atoms with Gasteiger partial charge >= 0.3 is 0 Å². The summed E-state index contributed by atoms with van der Waals surface area (Å²) in [7, 11) is 0. The van der Waals surface area contributed by atoms with Crippen LogP contribution in [-0.2, 0) is 6.42 Å². The summed E-state index contributed by atoms with van der Waals surface area (Å²) >= 11 is 13.2. The Labute approximate surface area is 127 Å². The maximum absolute atomic E-state index is 13.1. The molecule has 2 aromatic carbocycles. The van der Waals surface area contributed by atoms with E-state index in [1.165, 1.54) is 6.07 Å². The second-order valence-electron chi connectivity index (χ2n) is 3.97. The molecule has 0 aliphatic heterocycles. The quantitative estimate of drug-likeness (QED) is 0.569. The Morgan fingerprint density at radius 2 is 1.94 bits per heavy atom. The zero-order valence-electron chi connectivity index (χ0n) is 9.34. The molecule has 0 nitrogen and oxygen atoms in total. The van der Waals surface area contributed by atoms with Gasteiger partial charge in [-0.05, 0) is 47.9 Å². The summed E-state index contributed by atoms with van der Waals surface area (Å²) in [6.07, 6.45) is 0.688. The van der Waals surface area contributed by atoms with Crippen LogP contribution in [0.15, 0.2) is 46.9 Å². The van der Waals surface area contributed by atoms with Gasteiger partial charge in [-0.2, -0.15) is 0 Å². The third kappa shape index (κ3) is 3.56. The Hall–Kier alpha value is -0.380. The largest absolute Gasteiger partial charge is 0.207 e. The second kappa shape index (κ2) is 6.18. The average molecular weight is 392 g/mol. The van der Waals surface area contributed by atoms with E-state index >= 15 is 0 Å². The molecule has 0 bridgehead atoms. The normalized spacial score (nSPS) is 12.4. The van der Waals surface area contributed by atoms with Crippen molar-refractivity contribution in [3.05, 3.63) is 68.9 Å². The predicted molar refractivity (Wildman–Crippen MR) is 80.9 cm³/mol. The Kier molecular flexibility index (Phi) is 4.82.